The third-order valence-electron chi connectivity index (χ3n) is 8.64. The lowest BCUT2D eigenvalue weighted by Crippen LogP contribution is -2.44. The van der Waals surface area contributed by atoms with Crippen LogP contribution in [0.25, 0.3) is 5.65 Å². The number of aliphatic hydroxyl groups excluding tert-OH is 1. The highest BCUT2D eigenvalue weighted by atomic mass is 19.4. The maximum absolute atomic E-state index is 14.1. The molecule has 3 N–H and O–H groups in total. The van der Waals surface area contributed by atoms with Gasteiger partial charge in [-0.3, -0.25) is 10.1 Å². The molecule has 44 heavy (non-hydrogen) atoms. The topological polar surface area (TPSA) is 130 Å². The summed E-state index contributed by atoms with van der Waals surface area (Å²) in [5, 5.41) is 26.7. The number of halogens is 7. The molecule has 240 valence electrons. The van der Waals surface area contributed by atoms with Gasteiger partial charge in [0, 0.05) is 37.2 Å². The molecule has 0 bridgehead atoms. The van der Waals surface area contributed by atoms with E-state index in [4.69, 9.17) is 4.63 Å². The van der Waals surface area contributed by atoms with Gasteiger partial charge in [0.05, 0.1) is 24.1 Å². The highest BCUT2D eigenvalue weighted by Crippen LogP contribution is 2.45. The fourth-order valence-corrected chi connectivity index (χ4v) is 6.14. The van der Waals surface area contributed by atoms with Crippen molar-refractivity contribution in [3.63, 3.8) is 0 Å². The zero-order chi connectivity index (χ0) is 31.4. The number of carbonyl (C=O) groups excluding carboxylic acids is 1. The molecule has 3 aromatic rings. The summed E-state index contributed by atoms with van der Waals surface area (Å²) in [5.41, 5.74) is 0.164. The molecule has 0 aliphatic heterocycles. The van der Waals surface area contributed by atoms with Crippen molar-refractivity contribution in [2.45, 2.75) is 100 Å². The molecule has 3 fully saturated rings. The number of amides is 1. The minimum atomic E-state index is -4.88. The molecule has 10 nitrogen and oxygen atoms in total. The average molecular weight is 634 g/mol. The number of carbonyl (C=O) groups is 1. The number of hydrogen-bond acceptors (Lipinski definition) is 8. The van der Waals surface area contributed by atoms with Gasteiger partial charge < -0.3 is 10.4 Å². The van der Waals surface area contributed by atoms with Crippen molar-refractivity contribution < 1.29 is 45.3 Å². The molecule has 1 unspecified atom stereocenters. The summed E-state index contributed by atoms with van der Waals surface area (Å²) in [5.74, 6) is -7.40. The van der Waals surface area contributed by atoms with Gasteiger partial charge in [0.15, 0.2) is 11.3 Å². The Labute approximate surface area is 245 Å². The number of nitrogens with one attached hydrogen (secondary N) is 2. The first-order valence-electron chi connectivity index (χ1n) is 14.4. The van der Waals surface area contributed by atoms with E-state index in [1.807, 2.05) is 0 Å². The number of alkyl halides is 7. The Morgan fingerprint density at radius 3 is 2.43 bits per heavy atom. The van der Waals surface area contributed by atoms with Crippen molar-refractivity contribution in [2.24, 2.45) is 11.8 Å². The van der Waals surface area contributed by atoms with E-state index in [9.17, 15) is 40.6 Å². The summed E-state index contributed by atoms with van der Waals surface area (Å²) in [7, 11) is 0. The molecule has 1 amide bonds. The van der Waals surface area contributed by atoms with Crippen LogP contribution in [0.1, 0.15) is 103 Å². The quantitative estimate of drug-likeness (QED) is 0.204. The average Bonchev–Trinajstić information content (AvgIpc) is 3.48. The van der Waals surface area contributed by atoms with Gasteiger partial charge in [0.2, 0.25) is 11.8 Å². The standard InChI is InChI=1S/C27H30F7N7O3/c28-25(29)5-3-15(4-6-25)20(38-24(43)22-21(14-1-2-14)39-44-40-22)17-12-41-18(36-17)8-16(11-35-41)23(27(32,33)34)37-19(42)7-13-9-26(30,31)10-13/h8,11-15,19-20,23,37,42H,1-7,9-10H2,(H,38,43)/t19?,20-,23-/m0/s1. The summed E-state index contributed by atoms with van der Waals surface area (Å²) >= 11 is 0. The van der Waals surface area contributed by atoms with Gasteiger partial charge in [-0.15, -0.1) is 0 Å². The van der Waals surface area contributed by atoms with Crippen molar-refractivity contribution in [3.05, 3.63) is 41.1 Å². The Balaban J connectivity index is 1.25. The third-order valence-corrected chi connectivity index (χ3v) is 8.64. The van der Waals surface area contributed by atoms with E-state index in [1.54, 1.807) is 0 Å². The molecule has 3 aromatic heterocycles. The van der Waals surface area contributed by atoms with Crippen molar-refractivity contribution in [3.8, 4) is 0 Å². The first-order valence-corrected chi connectivity index (χ1v) is 14.4. The molecule has 6 rings (SSSR count). The second kappa shape index (κ2) is 11.2. The number of hydrogen-bond donors (Lipinski definition) is 3. The summed E-state index contributed by atoms with van der Waals surface area (Å²) in [6.45, 7) is 0. The summed E-state index contributed by atoms with van der Waals surface area (Å²) in [4.78, 5) is 17.7. The number of imidazole rings is 1. The molecular weight excluding hydrogens is 603 g/mol. The van der Waals surface area contributed by atoms with Gasteiger partial charge in [-0.25, -0.2) is 31.7 Å². The first kappa shape index (κ1) is 30.7. The molecule has 0 saturated heterocycles. The minimum absolute atomic E-state index is 0.0221. The highest BCUT2D eigenvalue weighted by molar-refractivity contribution is 5.93. The zero-order valence-electron chi connectivity index (χ0n) is 23.2. The monoisotopic (exact) mass is 633 g/mol. The molecule has 0 aromatic carbocycles. The van der Waals surface area contributed by atoms with Crippen molar-refractivity contribution in [2.75, 3.05) is 0 Å². The van der Waals surface area contributed by atoms with Gasteiger partial charge in [-0.2, -0.15) is 18.3 Å². The summed E-state index contributed by atoms with van der Waals surface area (Å²) in [6.07, 6.45) is -4.59. The van der Waals surface area contributed by atoms with E-state index in [2.05, 4.69) is 31.0 Å². The number of rotatable bonds is 10. The maximum atomic E-state index is 14.1. The number of fused-ring (bicyclic) bond motifs is 1. The molecule has 0 radical (unpaired) electrons. The molecule has 3 heterocycles. The van der Waals surface area contributed by atoms with E-state index in [-0.39, 0.29) is 47.8 Å². The van der Waals surface area contributed by atoms with Gasteiger partial charge in [0.1, 0.15) is 18.0 Å². The SMILES string of the molecule is O=C(N[C@H](c1cn2ncc([C@H](NC(O)CC3CC(F)(F)C3)C(F)(F)F)cc2n1)C1CCC(F)(F)CC1)c1nonc1C1CC1. The van der Waals surface area contributed by atoms with Crippen LogP contribution in [-0.2, 0) is 0 Å². The van der Waals surface area contributed by atoms with Crippen molar-refractivity contribution in [1.82, 2.24) is 35.5 Å². The number of aromatic nitrogens is 5. The Morgan fingerprint density at radius 2 is 1.80 bits per heavy atom. The summed E-state index contributed by atoms with van der Waals surface area (Å²) in [6, 6.07) is -2.18. The summed E-state index contributed by atoms with van der Waals surface area (Å²) < 4.78 is 102. The van der Waals surface area contributed by atoms with E-state index in [1.165, 1.54) is 10.7 Å². The van der Waals surface area contributed by atoms with E-state index < -0.39 is 79.8 Å². The zero-order valence-corrected chi connectivity index (χ0v) is 23.2. The van der Waals surface area contributed by atoms with Crippen molar-refractivity contribution in [1.29, 1.82) is 0 Å². The molecule has 3 aliphatic carbocycles. The van der Waals surface area contributed by atoms with Crippen LogP contribution >= 0.6 is 0 Å². The molecule has 3 saturated carbocycles. The second-order valence-corrected chi connectivity index (χ2v) is 12.2. The molecule has 17 heteroatoms. The predicted molar refractivity (Wildman–Crippen MR) is 137 cm³/mol. The van der Waals surface area contributed by atoms with Crippen LogP contribution in [0, 0.1) is 11.8 Å². The fourth-order valence-electron chi connectivity index (χ4n) is 6.14. The maximum Gasteiger partial charge on any atom is 0.408 e. The van der Waals surface area contributed by atoms with Gasteiger partial charge >= 0.3 is 6.18 Å². The van der Waals surface area contributed by atoms with E-state index >= 15 is 0 Å². The number of aliphatic hydroxyl groups is 1. The predicted octanol–water partition coefficient (Wildman–Crippen LogP) is 5.23. The molecule has 3 atom stereocenters. The Bertz CT molecular complexity index is 1490. The first-order chi connectivity index (χ1) is 20.7. The number of nitrogens with zero attached hydrogens (tertiary/aromatic N) is 5. The van der Waals surface area contributed by atoms with Gasteiger partial charge in [0.25, 0.3) is 5.91 Å². The Hall–Kier alpha value is -3.34. The largest absolute Gasteiger partial charge is 0.408 e. The van der Waals surface area contributed by atoms with Gasteiger partial charge in [-0.1, -0.05) is 5.16 Å². The van der Waals surface area contributed by atoms with Gasteiger partial charge in [-0.05, 0) is 55.2 Å². The van der Waals surface area contributed by atoms with Crippen LogP contribution < -0.4 is 10.6 Å². The van der Waals surface area contributed by atoms with E-state index in [0.29, 0.717) is 5.69 Å². The molecular formula is C27H30F7N7O3. The second-order valence-electron chi connectivity index (χ2n) is 12.2. The smallest absolute Gasteiger partial charge is 0.379 e. The van der Waals surface area contributed by atoms with E-state index in [0.717, 1.165) is 25.1 Å². The Morgan fingerprint density at radius 1 is 1.09 bits per heavy atom. The van der Waals surface area contributed by atoms with Crippen LogP contribution in [0.5, 0.6) is 0 Å². The van der Waals surface area contributed by atoms with Crippen LogP contribution in [-0.4, -0.2) is 60.2 Å². The normalized spacial score (nSPS) is 22.8. The van der Waals surface area contributed by atoms with Crippen LogP contribution in [0.2, 0.25) is 0 Å². The third kappa shape index (κ3) is 6.67. The van der Waals surface area contributed by atoms with Crippen LogP contribution in [0.3, 0.4) is 0 Å². The molecule has 0 spiro atoms. The molecule has 3 aliphatic rings. The van der Waals surface area contributed by atoms with Crippen LogP contribution in [0.15, 0.2) is 23.1 Å². The van der Waals surface area contributed by atoms with Crippen LogP contribution in [0.4, 0.5) is 30.7 Å². The lowest BCUT2D eigenvalue weighted by Gasteiger charge is -2.36. The van der Waals surface area contributed by atoms with Crippen molar-refractivity contribution >= 4 is 11.6 Å². The Kier molecular flexibility index (Phi) is 7.83. The fraction of sp³-hybridized carbons (Fsp3) is 0.667. The minimum Gasteiger partial charge on any atom is -0.379 e. The highest BCUT2D eigenvalue weighted by Gasteiger charge is 2.47. The lowest BCUT2D eigenvalue weighted by molar-refractivity contribution is -0.169. The lowest BCUT2D eigenvalue weighted by atomic mass is 9.79.